The second-order valence-electron chi connectivity index (χ2n) is 7.42. The quantitative estimate of drug-likeness (QED) is 0.377. The van der Waals surface area contributed by atoms with Crippen molar-refractivity contribution in [2.45, 2.75) is 6.92 Å². The molecule has 5 aromatic rings. The number of fused-ring (bicyclic) bond motifs is 2. The zero-order valence-electron chi connectivity index (χ0n) is 16.6. The van der Waals surface area contributed by atoms with Gasteiger partial charge in [-0.1, -0.05) is 84.4 Å². The molecule has 0 aliphatic heterocycles. The largest absolute Gasteiger partial charge is 0.320 e. The molecule has 144 valence electrons. The van der Waals surface area contributed by atoms with Gasteiger partial charge < -0.3 is 5.32 Å². The van der Waals surface area contributed by atoms with Gasteiger partial charge in [-0.25, -0.2) is 4.98 Å². The van der Waals surface area contributed by atoms with Gasteiger partial charge in [0.05, 0.1) is 5.52 Å². The van der Waals surface area contributed by atoms with Crippen LogP contribution in [0.2, 0.25) is 0 Å². The van der Waals surface area contributed by atoms with Crippen LogP contribution in [0.5, 0.6) is 0 Å². The number of aromatic nitrogens is 1. The summed E-state index contributed by atoms with van der Waals surface area (Å²) in [4.78, 5) is 17.5. The SMILES string of the molecule is Cc1ccc(-c2cccc3cccc(NC(=O)c4ccc5ccccc5n4)c23)cc1. The third-order valence-corrected chi connectivity index (χ3v) is 5.35. The van der Waals surface area contributed by atoms with E-state index in [4.69, 9.17) is 0 Å². The molecule has 0 spiro atoms. The first-order chi connectivity index (χ1) is 14.7. The van der Waals surface area contributed by atoms with E-state index in [1.165, 1.54) is 5.56 Å². The molecule has 4 aromatic carbocycles. The Balaban J connectivity index is 1.58. The van der Waals surface area contributed by atoms with Crippen molar-refractivity contribution in [2.75, 3.05) is 5.32 Å². The first-order valence-corrected chi connectivity index (χ1v) is 9.95. The molecule has 3 nitrogen and oxygen atoms in total. The Morgan fingerprint density at radius 3 is 2.30 bits per heavy atom. The number of carbonyl (C=O) groups excluding carboxylic acids is 1. The summed E-state index contributed by atoms with van der Waals surface area (Å²) in [7, 11) is 0. The monoisotopic (exact) mass is 388 g/mol. The molecule has 0 saturated carbocycles. The third kappa shape index (κ3) is 3.31. The molecular formula is C27H20N2O. The van der Waals surface area contributed by atoms with E-state index < -0.39 is 0 Å². The van der Waals surface area contributed by atoms with Crippen LogP contribution in [0.3, 0.4) is 0 Å². The highest BCUT2D eigenvalue weighted by molar-refractivity contribution is 6.12. The maximum absolute atomic E-state index is 13.0. The van der Waals surface area contributed by atoms with Crippen molar-refractivity contribution in [3.63, 3.8) is 0 Å². The van der Waals surface area contributed by atoms with Gasteiger partial charge in [-0.3, -0.25) is 4.79 Å². The van der Waals surface area contributed by atoms with Crippen molar-refractivity contribution < 1.29 is 4.79 Å². The van der Waals surface area contributed by atoms with Crippen molar-refractivity contribution >= 4 is 33.3 Å². The van der Waals surface area contributed by atoms with E-state index >= 15 is 0 Å². The molecule has 1 heterocycles. The Morgan fingerprint density at radius 1 is 0.733 bits per heavy atom. The van der Waals surface area contributed by atoms with Gasteiger partial charge in [0.1, 0.15) is 5.69 Å². The van der Waals surface area contributed by atoms with E-state index in [1.807, 2.05) is 48.5 Å². The normalized spacial score (nSPS) is 11.0. The molecule has 1 amide bonds. The lowest BCUT2D eigenvalue weighted by Crippen LogP contribution is -2.14. The summed E-state index contributed by atoms with van der Waals surface area (Å²) in [6.07, 6.45) is 0. The zero-order valence-corrected chi connectivity index (χ0v) is 16.6. The molecule has 30 heavy (non-hydrogen) atoms. The summed E-state index contributed by atoms with van der Waals surface area (Å²) in [5.41, 5.74) is 5.42. The van der Waals surface area contributed by atoms with Gasteiger partial charge in [0, 0.05) is 16.5 Å². The molecule has 0 aliphatic carbocycles. The fourth-order valence-corrected chi connectivity index (χ4v) is 3.80. The standard InChI is InChI=1S/C27H20N2O/c1-18-12-14-19(15-13-18)22-9-4-7-21-8-5-11-24(26(21)22)29-27(30)25-17-16-20-6-2-3-10-23(20)28-25/h2-17H,1H3,(H,29,30). The fourth-order valence-electron chi connectivity index (χ4n) is 3.80. The summed E-state index contributed by atoms with van der Waals surface area (Å²) in [6, 6.07) is 32.1. The van der Waals surface area contributed by atoms with Crippen molar-refractivity contribution in [1.82, 2.24) is 4.98 Å². The molecule has 0 saturated heterocycles. The molecule has 5 rings (SSSR count). The molecular weight excluding hydrogens is 368 g/mol. The predicted octanol–water partition coefficient (Wildman–Crippen LogP) is 6.62. The van der Waals surface area contributed by atoms with Gasteiger partial charge >= 0.3 is 0 Å². The molecule has 0 fully saturated rings. The minimum atomic E-state index is -0.216. The molecule has 0 radical (unpaired) electrons. The molecule has 0 atom stereocenters. The van der Waals surface area contributed by atoms with Gasteiger partial charge in [0.15, 0.2) is 0 Å². The van der Waals surface area contributed by atoms with Crippen molar-refractivity contribution in [3.8, 4) is 11.1 Å². The lowest BCUT2D eigenvalue weighted by Gasteiger charge is -2.13. The van der Waals surface area contributed by atoms with Gasteiger partial charge in [-0.15, -0.1) is 0 Å². The van der Waals surface area contributed by atoms with Crippen LogP contribution in [0.25, 0.3) is 32.8 Å². The van der Waals surface area contributed by atoms with Crippen LogP contribution in [0.15, 0.2) is 97.1 Å². The molecule has 0 unspecified atom stereocenters. The molecule has 3 heteroatoms. The zero-order chi connectivity index (χ0) is 20.5. The average molecular weight is 388 g/mol. The second kappa shape index (κ2) is 7.45. The Bertz CT molecular complexity index is 1380. The molecule has 0 aliphatic rings. The van der Waals surface area contributed by atoms with Crippen LogP contribution in [-0.2, 0) is 0 Å². The Hall–Kier alpha value is -3.98. The van der Waals surface area contributed by atoms with Crippen LogP contribution in [0.4, 0.5) is 5.69 Å². The summed E-state index contributed by atoms with van der Waals surface area (Å²) >= 11 is 0. The van der Waals surface area contributed by atoms with Gasteiger partial charge in [0.25, 0.3) is 5.91 Å². The number of hydrogen-bond donors (Lipinski definition) is 1. The van der Waals surface area contributed by atoms with Gasteiger partial charge in [-0.05, 0) is 41.6 Å². The molecule has 1 aromatic heterocycles. The van der Waals surface area contributed by atoms with Gasteiger partial charge in [-0.2, -0.15) is 0 Å². The smallest absolute Gasteiger partial charge is 0.274 e. The Kier molecular flexibility index (Phi) is 4.49. The summed E-state index contributed by atoms with van der Waals surface area (Å²) < 4.78 is 0. The molecule has 0 bridgehead atoms. The number of hydrogen-bond acceptors (Lipinski definition) is 2. The number of para-hydroxylation sites is 1. The summed E-state index contributed by atoms with van der Waals surface area (Å²) in [5, 5.41) is 6.21. The van der Waals surface area contributed by atoms with Gasteiger partial charge in [0.2, 0.25) is 0 Å². The first-order valence-electron chi connectivity index (χ1n) is 9.95. The van der Waals surface area contributed by atoms with E-state index in [2.05, 4.69) is 59.7 Å². The second-order valence-corrected chi connectivity index (χ2v) is 7.42. The number of aryl methyl sites for hydroxylation is 1. The van der Waals surface area contributed by atoms with Crippen LogP contribution >= 0.6 is 0 Å². The maximum Gasteiger partial charge on any atom is 0.274 e. The van der Waals surface area contributed by atoms with Crippen molar-refractivity contribution in [2.24, 2.45) is 0 Å². The Morgan fingerprint density at radius 2 is 1.47 bits per heavy atom. The number of amides is 1. The number of nitrogens with zero attached hydrogens (tertiary/aromatic N) is 1. The minimum Gasteiger partial charge on any atom is -0.320 e. The number of carbonyl (C=O) groups is 1. The lowest BCUT2D eigenvalue weighted by molar-refractivity contribution is 0.102. The van der Waals surface area contributed by atoms with Crippen LogP contribution in [-0.4, -0.2) is 10.9 Å². The highest BCUT2D eigenvalue weighted by atomic mass is 16.1. The molecule has 1 N–H and O–H groups in total. The number of nitrogens with one attached hydrogen (secondary N) is 1. The van der Waals surface area contributed by atoms with Crippen LogP contribution in [0.1, 0.15) is 16.1 Å². The Labute approximate surface area is 175 Å². The summed E-state index contributed by atoms with van der Waals surface area (Å²) in [6.45, 7) is 2.08. The first kappa shape index (κ1) is 18.1. The average Bonchev–Trinajstić information content (AvgIpc) is 2.79. The number of pyridine rings is 1. The number of benzene rings is 4. The maximum atomic E-state index is 13.0. The minimum absolute atomic E-state index is 0.216. The van der Waals surface area contributed by atoms with Crippen LogP contribution < -0.4 is 5.32 Å². The van der Waals surface area contributed by atoms with Crippen molar-refractivity contribution in [3.05, 3.63) is 108 Å². The van der Waals surface area contributed by atoms with Crippen molar-refractivity contribution in [1.29, 1.82) is 0 Å². The highest BCUT2D eigenvalue weighted by Crippen LogP contribution is 2.34. The van der Waals surface area contributed by atoms with E-state index in [-0.39, 0.29) is 5.91 Å². The third-order valence-electron chi connectivity index (χ3n) is 5.35. The highest BCUT2D eigenvalue weighted by Gasteiger charge is 2.13. The van der Waals surface area contributed by atoms with E-state index in [9.17, 15) is 4.79 Å². The fraction of sp³-hybridized carbons (Fsp3) is 0.0370. The number of rotatable bonds is 3. The predicted molar refractivity (Wildman–Crippen MR) is 124 cm³/mol. The van der Waals surface area contributed by atoms with Crippen LogP contribution in [0, 0.1) is 6.92 Å². The lowest BCUT2D eigenvalue weighted by atomic mass is 9.96. The number of anilines is 1. The van der Waals surface area contributed by atoms with E-state index in [0.29, 0.717) is 5.69 Å². The van der Waals surface area contributed by atoms with E-state index in [1.54, 1.807) is 6.07 Å². The topological polar surface area (TPSA) is 42.0 Å². The summed E-state index contributed by atoms with van der Waals surface area (Å²) in [5.74, 6) is -0.216. The van der Waals surface area contributed by atoms with E-state index in [0.717, 1.165) is 38.5 Å².